The zero-order valence-corrected chi connectivity index (χ0v) is 8.79. The molecular formula is C11H16N2O2. The molecule has 15 heavy (non-hydrogen) atoms. The minimum absolute atomic E-state index is 0.101. The first kappa shape index (κ1) is 10.4. The van der Waals surface area contributed by atoms with Gasteiger partial charge in [0.05, 0.1) is 6.07 Å². The molecule has 0 bridgehead atoms. The third-order valence-corrected chi connectivity index (χ3v) is 3.26. The summed E-state index contributed by atoms with van der Waals surface area (Å²) in [6, 6.07) is 2.24. The van der Waals surface area contributed by atoms with Gasteiger partial charge >= 0.3 is 0 Å². The van der Waals surface area contributed by atoms with Crippen molar-refractivity contribution in [2.75, 3.05) is 6.61 Å². The molecule has 1 N–H and O–H groups in total. The fraction of sp³-hybridized carbons (Fsp3) is 0.818. The van der Waals surface area contributed by atoms with E-state index in [2.05, 4.69) is 11.4 Å². The van der Waals surface area contributed by atoms with E-state index in [1.807, 2.05) is 0 Å². The van der Waals surface area contributed by atoms with Crippen LogP contribution in [0.2, 0.25) is 0 Å². The van der Waals surface area contributed by atoms with E-state index in [9.17, 15) is 4.79 Å². The summed E-state index contributed by atoms with van der Waals surface area (Å²) in [7, 11) is 0. The second kappa shape index (κ2) is 4.19. The zero-order valence-electron chi connectivity index (χ0n) is 8.79. The third-order valence-electron chi connectivity index (χ3n) is 3.26. The summed E-state index contributed by atoms with van der Waals surface area (Å²) >= 11 is 0. The van der Waals surface area contributed by atoms with E-state index in [-0.39, 0.29) is 12.0 Å². The molecule has 0 radical (unpaired) electrons. The van der Waals surface area contributed by atoms with E-state index in [0.29, 0.717) is 6.61 Å². The van der Waals surface area contributed by atoms with Crippen LogP contribution in [-0.2, 0) is 9.53 Å². The molecule has 1 saturated carbocycles. The Morgan fingerprint density at radius 1 is 1.40 bits per heavy atom. The summed E-state index contributed by atoms with van der Waals surface area (Å²) in [6.07, 6.45) is 5.02. The Kier molecular flexibility index (Phi) is 2.92. The van der Waals surface area contributed by atoms with Gasteiger partial charge in [-0.2, -0.15) is 5.26 Å². The fourth-order valence-electron chi connectivity index (χ4n) is 2.34. The average molecular weight is 208 g/mol. The number of carbonyl (C=O) groups excluding carboxylic acids is 1. The van der Waals surface area contributed by atoms with Gasteiger partial charge in [-0.05, 0) is 38.5 Å². The van der Waals surface area contributed by atoms with Crippen molar-refractivity contribution in [1.82, 2.24) is 5.32 Å². The van der Waals surface area contributed by atoms with Crippen molar-refractivity contribution in [3.8, 4) is 6.07 Å². The van der Waals surface area contributed by atoms with E-state index in [4.69, 9.17) is 10.00 Å². The lowest BCUT2D eigenvalue weighted by molar-refractivity contribution is -0.131. The van der Waals surface area contributed by atoms with Crippen LogP contribution >= 0.6 is 0 Å². The van der Waals surface area contributed by atoms with Crippen LogP contribution in [0.25, 0.3) is 0 Å². The highest BCUT2D eigenvalue weighted by molar-refractivity contribution is 5.82. The molecule has 4 nitrogen and oxygen atoms in total. The zero-order chi connectivity index (χ0) is 10.7. The van der Waals surface area contributed by atoms with Crippen LogP contribution in [0.5, 0.6) is 0 Å². The second-order valence-corrected chi connectivity index (χ2v) is 4.39. The predicted molar refractivity (Wildman–Crippen MR) is 53.9 cm³/mol. The Hall–Kier alpha value is -1.08. The molecule has 1 amide bonds. The molecule has 1 heterocycles. The number of rotatable bonds is 2. The summed E-state index contributed by atoms with van der Waals surface area (Å²) < 4.78 is 5.29. The number of amides is 1. The molecule has 1 atom stereocenters. The Morgan fingerprint density at radius 2 is 2.13 bits per heavy atom. The number of ether oxygens (including phenoxy) is 1. The molecule has 2 rings (SSSR count). The minimum Gasteiger partial charge on any atom is -0.368 e. The highest BCUT2D eigenvalue weighted by Crippen LogP contribution is 2.29. The topological polar surface area (TPSA) is 62.1 Å². The molecule has 1 unspecified atom stereocenters. The lowest BCUT2D eigenvalue weighted by atomic mass is 9.99. The molecule has 0 aromatic carbocycles. The number of nitrogens with one attached hydrogen (secondary N) is 1. The largest absolute Gasteiger partial charge is 0.368 e. The molecule has 1 aliphatic carbocycles. The number of nitrogens with zero attached hydrogens (tertiary/aromatic N) is 1. The molecule has 0 aromatic rings. The first-order valence-corrected chi connectivity index (χ1v) is 5.61. The Morgan fingerprint density at radius 3 is 2.67 bits per heavy atom. The van der Waals surface area contributed by atoms with Crippen LogP contribution in [0.15, 0.2) is 0 Å². The molecule has 1 saturated heterocycles. The van der Waals surface area contributed by atoms with Crippen LogP contribution in [0.1, 0.15) is 38.5 Å². The van der Waals surface area contributed by atoms with Gasteiger partial charge in [0.1, 0.15) is 11.6 Å². The summed E-state index contributed by atoms with van der Waals surface area (Å²) in [5.41, 5.74) is -0.608. The van der Waals surface area contributed by atoms with Gasteiger partial charge in [-0.15, -0.1) is 0 Å². The molecule has 2 fully saturated rings. The molecule has 82 valence electrons. The molecule has 4 heteroatoms. The number of carbonyl (C=O) groups is 1. The standard InChI is InChI=1S/C11H16N2O2/c12-8-11(5-1-2-6-11)13-10(14)9-4-3-7-15-9/h9H,1-7H2,(H,13,14). The Bertz CT molecular complexity index is 283. The third kappa shape index (κ3) is 2.13. The molecule has 2 aliphatic rings. The first-order chi connectivity index (χ1) is 7.26. The van der Waals surface area contributed by atoms with Crippen LogP contribution in [0.3, 0.4) is 0 Å². The van der Waals surface area contributed by atoms with Gasteiger partial charge in [-0.1, -0.05) is 0 Å². The highest BCUT2D eigenvalue weighted by atomic mass is 16.5. The monoisotopic (exact) mass is 208 g/mol. The smallest absolute Gasteiger partial charge is 0.250 e. The summed E-state index contributed by atoms with van der Waals surface area (Å²) in [4.78, 5) is 11.8. The summed E-state index contributed by atoms with van der Waals surface area (Å²) in [6.45, 7) is 0.664. The van der Waals surface area contributed by atoms with E-state index in [0.717, 1.165) is 38.5 Å². The first-order valence-electron chi connectivity index (χ1n) is 5.61. The van der Waals surface area contributed by atoms with E-state index >= 15 is 0 Å². The van der Waals surface area contributed by atoms with Gasteiger partial charge in [-0.25, -0.2) is 0 Å². The van der Waals surface area contributed by atoms with Gasteiger partial charge in [0.25, 0.3) is 0 Å². The maximum atomic E-state index is 11.8. The lowest BCUT2D eigenvalue weighted by Crippen LogP contribution is -2.49. The van der Waals surface area contributed by atoms with Crippen molar-refractivity contribution in [3.05, 3.63) is 0 Å². The Balaban J connectivity index is 1.95. The molecule has 0 spiro atoms. The van der Waals surface area contributed by atoms with Gasteiger partial charge in [-0.3, -0.25) is 4.79 Å². The lowest BCUT2D eigenvalue weighted by Gasteiger charge is -2.23. The summed E-state index contributed by atoms with van der Waals surface area (Å²) in [5.74, 6) is -0.101. The number of hydrogen-bond donors (Lipinski definition) is 1. The number of nitriles is 1. The SMILES string of the molecule is N#CC1(NC(=O)C2CCCO2)CCCC1. The van der Waals surface area contributed by atoms with E-state index < -0.39 is 5.54 Å². The number of hydrogen-bond acceptors (Lipinski definition) is 3. The molecule has 1 aliphatic heterocycles. The molecule has 0 aromatic heterocycles. The van der Waals surface area contributed by atoms with Gasteiger partial charge in [0.15, 0.2) is 0 Å². The maximum absolute atomic E-state index is 11.8. The second-order valence-electron chi connectivity index (χ2n) is 4.39. The van der Waals surface area contributed by atoms with Gasteiger partial charge < -0.3 is 10.1 Å². The quantitative estimate of drug-likeness (QED) is 0.739. The normalized spacial score (nSPS) is 28.6. The van der Waals surface area contributed by atoms with Crippen LogP contribution < -0.4 is 5.32 Å². The van der Waals surface area contributed by atoms with E-state index in [1.165, 1.54) is 0 Å². The van der Waals surface area contributed by atoms with E-state index in [1.54, 1.807) is 0 Å². The van der Waals surface area contributed by atoms with Crippen LogP contribution in [-0.4, -0.2) is 24.2 Å². The minimum atomic E-state index is -0.608. The highest BCUT2D eigenvalue weighted by Gasteiger charge is 2.37. The van der Waals surface area contributed by atoms with Crippen LogP contribution in [0, 0.1) is 11.3 Å². The van der Waals surface area contributed by atoms with Crippen molar-refractivity contribution in [2.24, 2.45) is 0 Å². The Labute approximate surface area is 89.6 Å². The average Bonchev–Trinajstić information content (AvgIpc) is 2.88. The maximum Gasteiger partial charge on any atom is 0.250 e. The van der Waals surface area contributed by atoms with Crippen molar-refractivity contribution in [3.63, 3.8) is 0 Å². The fourth-order valence-corrected chi connectivity index (χ4v) is 2.34. The van der Waals surface area contributed by atoms with Crippen molar-refractivity contribution in [1.29, 1.82) is 5.26 Å². The van der Waals surface area contributed by atoms with Crippen molar-refractivity contribution < 1.29 is 9.53 Å². The molecular weight excluding hydrogens is 192 g/mol. The van der Waals surface area contributed by atoms with Gasteiger partial charge in [0.2, 0.25) is 5.91 Å². The summed E-state index contributed by atoms with van der Waals surface area (Å²) in [5, 5.41) is 12.0. The predicted octanol–water partition coefficient (Wildman–Crippen LogP) is 1.12. The van der Waals surface area contributed by atoms with Crippen molar-refractivity contribution >= 4 is 5.91 Å². The van der Waals surface area contributed by atoms with Crippen molar-refractivity contribution in [2.45, 2.75) is 50.2 Å². The van der Waals surface area contributed by atoms with Gasteiger partial charge in [0, 0.05) is 6.61 Å². The van der Waals surface area contributed by atoms with Crippen LogP contribution in [0.4, 0.5) is 0 Å².